The van der Waals surface area contributed by atoms with Gasteiger partial charge in [-0.2, -0.15) is 0 Å². The molecule has 0 saturated heterocycles. The Morgan fingerprint density at radius 1 is 0.346 bits per heavy atom. The van der Waals surface area contributed by atoms with Crippen LogP contribution in [0.25, 0.3) is 0 Å². The van der Waals surface area contributed by atoms with Crippen LogP contribution in [0, 0.1) is 33.0 Å². The molecule has 2 fully saturated rings. The van der Waals surface area contributed by atoms with Crippen LogP contribution in [0.15, 0.2) is 200 Å². The fourth-order valence-electron chi connectivity index (χ4n) is 9.52. The molecule has 0 bridgehead atoms. The number of carbonyl (C=O) groups is 2. The van der Waals surface area contributed by atoms with Crippen molar-refractivity contribution in [2.24, 2.45) is 33.0 Å². The number of hydrogen-bond acceptors (Lipinski definition) is 16. The fourth-order valence-corrected chi connectivity index (χ4v) is 17.9. The molecular formula is C105H176N2O14S6. The molecule has 127 heavy (non-hydrogen) atoms. The summed E-state index contributed by atoms with van der Waals surface area (Å²) in [6.07, 6.45) is 9.43. The van der Waals surface area contributed by atoms with Crippen LogP contribution in [0.2, 0.25) is 0 Å². The number of Topliss-reactive ketones (excluding diaryl/α,β-unsaturated/α-hetero) is 2. The lowest BCUT2D eigenvalue weighted by molar-refractivity contribution is -0.126. The third-order valence-corrected chi connectivity index (χ3v) is 34.3. The summed E-state index contributed by atoms with van der Waals surface area (Å²) < 4.78 is 138. The molecule has 8 rings (SSSR count). The summed E-state index contributed by atoms with van der Waals surface area (Å²) in [6, 6.07) is 56.2. The van der Waals surface area contributed by atoms with E-state index in [2.05, 4.69) is 121 Å². The summed E-state index contributed by atoms with van der Waals surface area (Å²) in [7, 11) is -17.8. The molecule has 0 heterocycles. The first-order valence-electron chi connectivity index (χ1n) is 45.0. The topological polar surface area (TPSA) is 263 Å². The van der Waals surface area contributed by atoms with Crippen molar-refractivity contribution in [3.8, 4) is 0 Å². The Hall–Kier alpha value is -5.98. The van der Waals surface area contributed by atoms with Crippen LogP contribution in [0.1, 0.15) is 315 Å². The van der Waals surface area contributed by atoms with Crippen molar-refractivity contribution in [2.45, 2.75) is 358 Å². The quantitative estimate of drug-likeness (QED) is 0.0446. The maximum atomic E-state index is 11.9. The molecule has 16 nitrogen and oxygen atoms in total. The van der Waals surface area contributed by atoms with Crippen LogP contribution >= 0.6 is 0 Å². The van der Waals surface area contributed by atoms with Gasteiger partial charge in [-0.25, -0.2) is 50.5 Å². The summed E-state index contributed by atoms with van der Waals surface area (Å²) in [4.78, 5) is 23.7. The van der Waals surface area contributed by atoms with Crippen molar-refractivity contribution in [3.63, 3.8) is 0 Å². The van der Waals surface area contributed by atoms with E-state index in [4.69, 9.17) is 0 Å². The molecule has 2 N–H and O–H groups in total. The van der Waals surface area contributed by atoms with E-state index < -0.39 is 78.0 Å². The zero-order valence-corrected chi connectivity index (χ0v) is 90.3. The second kappa shape index (κ2) is 54.9. The summed E-state index contributed by atoms with van der Waals surface area (Å²) in [5, 5.41) is 6.57. The highest BCUT2D eigenvalue weighted by Gasteiger charge is 2.43. The van der Waals surface area contributed by atoms with Gasteiger partial charge in [-0.1, -0.05) is 294 Å². The van der Waals surface area contributed by atoms with Crippen LogP contribution in [0.4, 0.5) is 0 Å². The number of benzene rings is 6. The summed E-state index contributed by atoms with van der Waals surface area (Å²) in [5.41, 5.74) is 5.72. The first kappa shape index (κ1) is 125. The summed E-state index contributed by atoms with van der Waals surface area (Å²) in [5.74, 6) is 2.34. The van der Waals surface area contributed by atoms with Gasteiger partial charge in [-0.3, -0.25) is 9.59 Å². The van der Waals surface area contributed by atoms with Crippen molar-refractivity contribution in [2.75, 3.05) is 30.3 Å². The lowest BCUT2D eigenvalue weighted by atomic mass is 9.71. The second-order valence-electron chi connectivity index (χ2n) is 43.9. The molecule has 2 aliphatic rings. The predicted molar refractivity (Wildman–Crippen MR) is 547 cm³/mol. The molecule has 0 radical (unpaired) electrons. The standard InChI is InChI=1S/2C14H23NO2S.2C12H16O.C11H16O2S.C10H14O2S.C8H16O2S.C8H18.C7H14O2S.C7H14.C2H6/c2*1-14(2,3)15-10-7-11-18(16,17)12-13-8-5-4-6-9-13;2*1-12(2,3)11(13)9-10-7-5-4-6-8-10;1-11(2,3)14(12,13)9-10-7-5-4-6-8-10;1-10(2,3)13(11,12)9-7-5-4-6-8-9;1-8(2,3)11(9,10)6-7-4-5-7;1-7(2,3)8(4,5)6;1-7(2,3)10(8,9)6-4-5-6;1-5-6-7(2,3)4;1-2/h2*4-6,8-9,15H,7,10-12H2,1-3H3;2*4-8H,9H2,1-3H3;4-8H,9H2,1-3H3;4-8H,1-3H3;7H,4-6H2,1-3H3;1-6H3;6H,4-5H2,1-3H3;5H,1,6H2,2-4H3;1-2H3. The summed E-state index contributed by atoms with van der Waals surface area (Å²) in [6.45, 7) is 74.4. The number of allylic oxidation sites excluding steroid dienone is 1. The predicted octanol–water partition coefficient (Wildman–Crippen LogP) is 24.8. The molecule has 726 valence electrons. The van der Waals surface area contributed by atoms with E-state index >= 15 is 0 Å². The number of ketones is 2. The average molecular weight is 1880 g/mol. The van der Waals surface area contributed by atoms with Gasteiger partial charge in [0.25, 0.3) is 0 Å². The van der Waals surface area contributed by atoms with Crippen molar-refractivity contribution in [1.82, 2.24) is 10.6 Å². The number of carbonyl (C=O) groups excluding carboxylic acids is 2. The van der Waals surface area contributed by atoms with E-state index in [1.807, 2.05) is 219 Å². The average Bonchev–Trinajstić information content (AvgIpc) is 1.78. The Kier molecular flexibility index (Phi) is 54.1. The van der Waals surface area contributed by atoms with Gasteiger partial charge in [-0.15, -0.1) is 6.58 Å². The number of nitrogens with one attached hydrogen (secondary N) is 2. The van der Waals surface area contributed by atoms with Crippen LogP contribution in [0.5, 0.6) is 0 Å². The largest absolute Gasteiger partial charge is 0.312 e. The van der Waals surface area contributed by atoms with Gasteiger partial charge < -0.3 is 10.6 Å². The lowest BCUT2D eigenvalue weighted by Gasteiger charge is -2.34. The molecule has 0 aromatic heterocycles. The first-order chi connectivity index (χ1) is 57.2. The summed E-state index contributed by atoms with van der Waals surface area (Å²) >= 11 is 0. The van der Waals surface area contributed by atoms with E-state index in [1.54, 1.807) is 107 Å². The molecule has 0 unspecified atom stereocenters. The monoisotopic (exact) mass is 1880 g/mol. The molecule has 0 spiro atoms. The highest BCUT2D eigenvalue weighted by Crippen LogP contribution is 2.38. The maximum absolute atomic E-state index is 11.9. The third kappa shape index (κ3) is 59.9. The molecule has 22 heteroatoms. The van der Waals surface area contributed by atoms with Crippen LogP contribution in [-0.2, 0) is 98.7 Å². The Bertz CT molecular complexity index is 4600. The van der Waals surface area contributed by atoms with Gasteiger partial charge in [0, 0.05) is 34.7 Å². The molecule has 0 atom stereocenters. The number of rotatable bonds is 23. The van der Waals surface area contributed by atoms with Crippen LogP contribution in [0.3, 0.4) is 0 Å². The van der Waals surface area contributed by atoms with E-state index in [-0.39, 0.29) is 55.9 Å². The minimum atomic E-state index is -3.18. The smallest absolute Gasteiger partial charge is 0.183 e. The van der Waals surface area contributed by atoms with E-state index in [0.717, 1.165) is 73.0 Å². The van der Waals surface area contributed by atoms with Crippen molar-refractivity contribution in [1.29, 1.82) is 0 Å². The van der Waals surface area contributed by atoms with Crippen molar-refractivity contribution >= 4 is 70.6 Å². The van der Waals surface area contributed by atoms with Gasteiger partial charge in [0.2, 0.25) is 0 Å². The highest BCUT2D eigenvalue weighted by atomic mass is 32.2. The fraction of sp³-hybridized carbons (Fsp3) is 0.619. The maximum Gasteiger partial charge on any atom is 0.183 e. The molecule has 0 amide bonds. The minimum absolute atomic E-state index is 0.0208. The molecule has 6 aromatic carbocycles. The van der Waals surface area contributed by atoms with Gasteiger partial charge in [0.1, 0.15) is 11.6 Å². The number of sulfone groups is 6. The molecular weight excluding hydrogens is 1710 g/mol. The molecule has 6 aromatic rings. The van der Waals surface area contributed by atoms with E-state index in [9.17, 15) is 60.1 Å². The van der Waals surface area contributed by atoms with E-state index in [0.29, 0.717) is 70.1 Å². The SMILES string of the molecule is C=CCC(C)(C)C.CC.CC(C)(C)C(=O)Cc1ccccc1.CC(C)(C)C(=O)Cc1ccccc1.CC(C)(C)C(C)(C)C.CC(C)(C)NCCCS(=O)(=O)Cc1ccccc1.CC(C)(C)NCCCS(=O)(=O)Cc1ccccc1.CC(C)(C)S(=O)(=O)C1CC1.CC(C)(C)S(=O)(=O)CC1CC1.CC(C)(C)S(=O)(=O)Cc1ccccc1.CC(C)(C)S(=O)(=O)c1ccccc1. The molecule has 0 aliphatic heterocycles. The van der Waals surface area contributed by atoms with Crippen LogP contribution < -0.4 is 10.6 Å². The third-order valence-electron chi connectivity index (χ3n) is 20.0. The first-order valence-corrected chi connectivity index (χ1v) is 55.0. The Labute approximate surface area is 778 Å². The minimum Gasteiger partial charge on any atom is -0.312 e. The highest BCUT2D eigenvalue weighted by molar-refractivity contribution is 7.94. The number of hydrogen-bond donors (Lipinski definition) is 2. The van der Waals surface area contributed by atoms with E-state index in [1.165, 1.54) is 0 Å². The Balaban J connectivity index is -0.00000136. The zero-order chi connectivity index (χ0) is 99.6. The molecule has 2 saturated carbocycles. The van der Waals surface area contributed by atoms with Gasteiger partial charge in [0.15, 0.2) is 59.0 Å². The van der Waals surface area contributed by atoms with Gasteiger partial charge in [-0.05, 0) is 245 Å². The Morgan fingerprint density at radius 3 is 0.811 bits per heavy atom. The lowest BCUT2D eigenvalue weighted by Crippen LogP contribution is -2.37. The van der Waals surface area contributed by atoms with Gasteiger partial charge in [0.05, 0.1) is 63.7 Å². The normalized spacial score (nSPS) is 13.6. The van der Waals surface area contributed by atoms with Crippen LogP contribution in [-0.4, -0.2) is 128 Å². The van der Waals surface area contributed by atoms with Crippen molar-refractivity contribution < 1.29 is 60.1 Å². The zero-order valence-electron chi connectivity index (χ0n) is 85.4. The molecule has 2 aliphatic carbocycles. The van der Waals surface area contributed by atoms with Crippen molar-refractivity contribution in [3.05, 3.63) is 222 Å². The Morgan fingerprint density at radius 2 is 0.614 bits per heavy atom. The van der Waals surface area contributed by atoms with Gasteiger partial charge >= 0.3 is 0 Å². The second-order valence-corrected chi connectivity index (χ2v) is 59.5.